The highest BCUT2D eigenvalue weighted by molar-refractivity contribution is 7.14. The van der Waals surface area contributed by atoms with E-state index in [9.17, 15) is 14.7 Å². The van der Waals surface area contributed by atoms with Crippen molar-refractivity contribution < 1.29 is 9.90 Å². The van der Waals surface area contributed by atoms with Crippen molar-refractivity contribution in [3.63, 3.8) is 0 Å². The third kappa shape index (κ3) is 3.70. The molecule has 0 saturated carbocycles. The number of aromatic nitrogens is 3. The molecule has 0 spiro atoms. The molecule has 2 heterocycles. The Kier molecular flexibility index (Phi) is 4.82. The first kappa shape index (κ1) is 17.1. The summed E-state index contributed by atoms with van der Waals surface area (Å²) in [5, 5.41) is 18.5. The highest BCUT2D eigenvalue weighted by Crippen LogP contribution is 2.19. The van der Waals surface area contributed by atoms with Crippen LogP contribution in [0.5, 0.6) is 5.75 Å². The predicted octanol–water partition coefficient (Wildman–Crippen LogP) is 2.69. The van der Waals surface area contributed by atoms with Crippen molar-refractivity contribution in [1.29, 1.82) is 0 Å². The number of aromatic hydroxyl groups is 1. The van der Waals surface area contributed by atoms with Crippen LogP contribution in [-0.2, 0) is 5.88 Å². The zero-order valence-corrected chi connectivity index (χ0v) is 14.6. The number of nitrogens with one attached hydrogen (secondary N) is 1. The smallest absolute Gasteiger partial charge is 0.281 e. The van der Waals surface area contributed by atoms with Crippen LogP contribution >= 0.6 is 22.9 Å². The molecule has 0 radical (unpaired) electrons. The molecular weight excluding hydrogens is 364 g/mol. The summed E-state index contributed by atoms with van der Waals surface area (Å²) in [7, 11) is 0. The van der Waals surface area contributed by atoms with Gasteiger partial charge in [0.25, 0.3) is 11.5 Å². The van der Waals surface area contributed by atoms with Gasteiger partial charge in [0, 0.05) is 11.4 Å². The van der Waals surface area contributed by atoms with Crippen molar-refractivity contribution in [2.45, 2.75) is 12.8 Å². The topological polar surface area (TPSA) is 97.1 Å². The average Bonchev–Trinajstić information content (AvgIpc) is 3.02. The third-order valence-corrected chi connectivity index (χ3v) is 4.36. The molecule has 2 aromatic heterocycles. The quantitative estimate of drug-likeness (QED) is 0.682. The molecular formula is C16H13ClN4O3S. The van der Waals surface area contributed by atoms with E-state index in [4.69, 9.17) is 11.6 Å². The van der Waals surface area contributed by atoms with E-state index in [2.05, 4.69) is 15.4 Å². The average molecular weight is 377 g/mol. The Balaban J connectivity index is 1.97. The Labute approximate surface area is 151 Å². The number of anilines is 1. The Hall–Kier alpha value is -2.71. The van der Waals surface area contributed by atoms with Crippen LogP contribution in [0.4, 0.5) is 5.13 Å². The lowest BCUT2D eigenvalue weighted by molar-refractivity contribution is 0.101. The van der Waals surface area contributed by atoms with Crippen LogP contribution in [-0.4, -0.2) is 25.8 Å². The monoisotopic (exact) mass is 376 g/mol. The second kappa shape index (κ2) is 7.04. The van der Waals surface area contributed by atoms with Gasteiger partial charge >= 0.3 is 0 Å². The van der Waals surface area contributed by atoms with E-state index in [1.54, 1.807) is 23.6 Å². The number of benzene rings is 1. The van der Waals surface area contributed by atoms with Crippen molar-refractivity contribution in [3.05, 3.63) is 63.0 Å². The highest BCUT2D eigenvalue weighted by atomic mass is 35.5. The summed E-state index contributed by atoms with van der Waals surface area (Å²) in [6.07, 6.45) is 0. The van der Waals surface area contributed by atoms with Crippen molar-refractivity contribution in [3.8, 4) is 11.4 Å². The third-order valence-electron chi connectivity index (χ3n) is 3.28. The number of alkyl halides is 1. The van der Waals surface area contributed by atoms with E-state index >= 15 is 0 Å². The molecule has 1 amide bonds. The number of nitrogens with zero attached hydrogens (tertiary/aromatic N) is 3. The first-order chi connectivity index (χ1) is 12.0. The summed E-state index contributed by atoms with van der Waals surface area (Å²) in [6.45, 7) is 1.87. The second-order valence-corrected chi connectivity index (χ2v) is 6.32. The normalized spacial score (nSPS) is 10.6. The van der Waals surface area contributed by atoms with E-state index in [0.29, 0.717) is 16.5 Å². The molecule has 3 rings (SSSR count). The molecule has 7 nitrogen and oxygen atoms in total. The summed E-state index contributed by atoms with van der Waals surface area (Å²) >= 11 is 6.88. The minimum absolute atomic E-state index is 0.230. The van der Waals surface area contributed by atoms with Crippen molar-refractivity contribution in [1.82, 2.24) is 14.8 Å². The Morgan fingerprint density at radius 2 is 2.20 bits per heavy atom. The molecule has 0 aliphatic heterocycles. The van der Waals surface area contributed by atoms with Gasteiger partial charge in [0.1, 0.15) is 0 Å². The van der Waals surface area contributed by atoms with Gasteiger partial charge in [0.05, 0.1) is 17.3 Å². The van der Waals surface area contributed by atoms with Crippen LogP contribution in [0.15, 0.2) is 40.5 Å². The number of hydrogen-bond donors (Lipinski definition) is 2. The molecule has 128 valence electrons. The van der Waals surface area contributed by atoms with Crippen LogP contribution in [0.25, 0.3) is 5.69 Å². The van der Waals surface area contributed by atoms with E-state index < -0.39 is 17.2 Å². The Bertz CT molecular complexity index is 999. The zero-order chi connectivity index (χ0) is 18.0. The van der Waals surface area contributed by atoms with Crippen LogP contribution < -0.4 is 10.9 Å². The number of aryl methyl sites for hydroxylation is 1. The van der Waals surface area contributed by atoms with Gasteiger partial charge in [-0.25, -0.2) is 4.98 Å². The zero-order valence-electron chi connectivity index (χ0n) is 13.1. The predicted molar refractivity (Wildman–Crippen MR) is 95.9 cm³/mol. The van der Waals surface area contributed by atoms with Gasteiger partial charge in [0.15, 0.2) is 16.6 Å². The van der Waals surface area contributed by atoms with E-state index in [0.717, 1.165) is 16.3 Å². The molecule has 0 unspecified atom stereocenters. The number of thiazole rings is 1. The number of amides is 1. The lowest BCUT2D eigenvalue weighted by atomic mass is 10.2. The Morgan fingerprint density at radius 1 is 1.40 bits per heavy atom. The molecule has 0 aliphatic rings. The van der Waals surface area contributed by atoms with Gasteiger partial charge < -0.3 is 5.11 Å². The van der Waals surface area contributed by atoms with E-state index in [1.807, 2.05) is 13.0 Å². The highest BCUT2D eigenvalue weighted by Gasteiger charge is 2.18. The fourth-order valence-corrected chi connectivity index (χ4v) is 3.07. The number of carbonyl (C=O) groups is 1. The number of rotatable bonds is 4. The molecule has 0 aliphatic carbocycles. The summed E-state index contributed by atoms with van der Waals surface area (Å²) < 4.78 is 1.06. The molecule has 0 saturated heterocycles. The summed E-state index contributed by atoms with van der Waals surface area (Å²) in [5.41, 5.74) is 1.24. The molecule has 2 N–H and O–H groups in total. The van der Waals surface area contributed by atoms with Gasteiger partial charge in [-0.3, -0.25) is 14.9 Å². The standard InChI is InChI=1S/C16H13ClN4O3S/c1-9-3-2-4-11(5-9)21-13(23)6-12(22)14(20-21)15(24)19-16-18-10(7-17)8-25-16/h2-6,8,22H,7H2,1H3,(H,18,19,24). The lowest BCUT2D eigenvalue weighted by Crippen LogP contribution is -2.25. The maximum absolute atomic E-state index is 12.4. The minimum Gasteiger partial charge on any atom is -0.505 e. The largest absolute Gasteiger partial charge is 0.505 e. The summed E-state index contributed by atoms with van der Waals surface area (Å²) in [5.74, 6) is -0.941. The van der Waals surface area contributed by atoms with Crippen LogP contribution in [0.2, 0.25) is 0 Å². The van der Waals surface area contributed by atoms with Gasteiger partial charge in [-0.05, 0) is 24.6 Å². The molecule has 0 fully saturated rings. The van der Waals surface area contributed by atoms with Crippen molar-refractivity contribution in [2.75, 3.05) is 5.32 Å². The first-order valence-corrected chi connectivity index (χ1v) is 8.61. The molecule has 0 bridgehead atoms. The van der Waals surface area contributed by atoms with Crippen LogP contribution in [0, 0.1) is 6.92 Å². The van der Waals surface area contributed by atoms with E-state index in [-0.39, 0.29) is 11.6 Å². The number of halogens is 1. The van der Waals surface area contributed by atoms with Gasteiger partial charge in [-0.15, -0.1) is 22.9 Å². The van der Waals surface area contributed by atoms with Crippen molar-refractivity contribution >= 4 is 34.0 Å². The molecule has 9 heteroatoms. The molecule has 3 aromatic rings. The van der Waals surface area contributed by atoms with Gasteiger partial charge in [0.2, 0.25) is 0 Å². The minimum atomic E-state index is -0.672. The molecule has 25 heavy (non-hydrogen) atoms. The lowest BCUT2D eigenvalue weighted by Gasteiger charge is -2.09. The fraction of sp³-hybridized carbons (Fsp3) is 0.125. The van der Waals surface area contributed by atoms with E-state index in [1.165, 1.54) is 11.3 Å². The maximum Gasteiger partial charge on any atom is 0.281 e. The summed E-state index contributed by atoms with van der Waals surface area (Å²) in [4.78, 5) is 28.6. The van der Waals surface area contributed by atoms with Gasteiger partial charge in [-0.1, -0.05) is 12.1 Å². The van der Waals surface area contributed by atoms with Crippen LogP contribution in [0.1, 0.15) is 21.7 Å². The number of carbonyl (C=O) groups excluding carboxylic acids is 1. The second-order valence-electron chi connectivity index (χ2n) is 5.20. The molecule has 0 atom stereocenters. The van der Waals surface area contributed by atoms with Crippen LogP contribution in [0.3, 0.4) is 0 Å². The Morgan fingerprint density at radius 3 is 2.88 bits per heavy atom. The maximum atomic E-state index is 12.4. The van der Waals surface area contributed by atoms with Gasteiger partial charge in [-0.2, -0.15) is 9.78 Å². The summed E-state index contributed by atoms with van der Waals surface area (Å²) in [6, 6.07) is 8.04. The first-order valence-electron chi connectivity index (χ1n) is 7.20. The number of hydrogen-bond acceptors (Lipinski definition) is 6. The SMILES string of the molecule is Cc1cccc(-n2nc(C(=O)Nc3nc(CCl)cs3)c(O)cc2=O)c1. The molecule has 1 aromatic carbocycles. The fourth-order valence-electron chi connectivity index (χ4n) is 2.14. The van der Waals surface area contributed by atoms with Crippen molar-refractivity contribution in [2.24, 2.45) is 0 Å².